The quantitative estimate of drug-likeness (QED) is 0.422. The third kappa shape index (κ3) is 8.59. The summed E-state index contributed by atoms with van der Waals surface area (Å²) in [7, 11) is 0. The lowest BCUT2D eigenvalue weighted by molar-refractivity contribution is 0.0227. The first-order valence-corrected chi connectivity index (χ1v) is 11.3. The van der Waals surface area contributed by atoms with E-state index in [4.69, 9.17) is 4.74 Å². The molecule has 0 aliphatic heterocycles. The van der Waals surface area contributed by atoms with Gasteiger partial charge in [-0.2, -0.15) is 0 Å². The van der Waals surface area contributed by atoms with Crippen LogP contribution >= 0.6 is 0 Å². The van der Waals surface area contributed by atoms with Crippen molar-refractivity contribution in [3.63, 3.8) is 0 Å². The van der Waals surface area contributed by atoms with Crippen LogP contribution in [0.2, 0.25) is 0 Å². The maximum atomic E-state index is 5.86. The molecular weight excluding hydrogens is 316 g/mol. The Morgan fingerprint density at radius 2 is 1.35 bits per heavy atom. The monoisotopic (exact) mass is 356 g/mol. The average Bonchev–Trinajstić information content (AvgIpc) is 2.69. The molecule has 0 N–H and O–H groups in total. The number of unbranched alkanes of at least 4 members (excludes halogenated alkanes) is 1. The van der Waals surface area contributed by atoms with E-state index in [0.29, 0.717) is 12.0 Å². The molecule has 0 heterocycles. The van der Waals surface area contributed by atoms with E-state index in [9.17, 15) is 0 Å². The SMILES string of the molecule is CCCCC1CCC(/C=C/C#C/C=C/C2CCC(OCCC)CC2)CC1. The van der Waals surface area contributed by atoms with E-state index in [1.807, 2.05) is 0 Å². The Kier molecular flexibility index (Phi) is 10.8. The zero-order chi connectivity index (χ0) is 18.5. The minimum atomic E-state index is 0.505. The fraction of sp³-hybridized carbons (Fsp3) is 0.760. The highest BCUT2D eigenvalue weighted by molar-refractivity contribution is 5.24. The van der Waals surface area contributed by atoms with E-state index in [2.05, 4.69) is 50.0 Å². The Labute approximate surface area is 162 Å². The van der Waals surface area contributed by atoms with Crippen molar-refractivity contribution in [2.45, 2.75) is 97.0 Å². The van der Waals surface area contributed by atoms with Gasteiger partial charge >= 0.3 is 0 Å². The lowest BCUT2D eigenvalue weighted by Gasteiger charge is -2.26. The van der Waals surface area contributed by atoms with Gasteiger partial charge in [0.05, 0.1) is 6.10 Å². The standard InChI is InChI=1S/C25H40O/c1-3-5-10-22-13-15-23(16-14-22)11-8-6-7-9-12-24-17-19-25(20-18-24)26-21-4-2/h8-9,11-12,22-25H,3-5,10,13-21H2,1-2H3/b11-8+,12-9+. The van der Waals surface area contributed by atoms with Crippen molar-refractivity contribution in [2.24, 2.45) is 17.8 Å². The highest BCUT2D eigenvalue weighted by Gasteiger charge is 2.19. The van der Waals surface area contributed by atoms with Gasteiger partial charge in [0.1, 0.15) is 0 Å². The van der Waals surface area contributed by atoms with Gasteiger partial charge in [-0.3, -0.25) is 0 Å². The van der Waals surface area contributed by atoms with Gasteiger partial charge in [0.15, 0.2) is 0 Å². The van der Waals surface area contributed by atoms with Gasteiger partial charge in [0.2, 0.25) is 0 Å². The van der Waals surface area contributed by atoms with Crippen molar-refractivity contribution in [3.05, 3.63) is 24.3 Å². The fourth-order valence-electron chi connectivity index (χ4n) is 4.36. The fourth-order valence-corrected chi connectivity index (χ4v) is 4.36. The van der Waals surface area contributed by atoms with E-state index >= 15 is 0 Å². The number of allylic oxidation sites excluding steroid dienone is 4. The molecule has 2 fully saturated rings. The van der Waals surface area contributed by atoms with Crippen LogP contribution in [0, 0.1) is 29.6 Å². The van der Waals surface area contributed by atoms with Crippen molar-refractivity contribution in [1.29, 1.82) is 0 Å². The summed E-state index contributed by atoms with van der Waals surface area (Å²) < 4.78 is 5.86. The zero-order valence-corrected chi connectivity index (χ0v) is 17.2. The molecule has 0 unspecified atom stereocenters. The molecule has 2 aliphatic rings. The van der Waals surface area contributed by atoms with E-state index in [-0.39, 0.29) is 0 Å². The second-order valence-corrected chi connectivity index (χ2v) is 8.34. The molecule has 2 aliphatic carbocycles. The van der Waals surface area contributed by atoms with Crippen LogP contribution in [-0.4, -0.2) is 12.7 Å². The zero-order valence-electron chi connectivity index (χ0n) is 17.2. The Bertz CT molecular complexity index is 420. The summed E-state index contributed by atoms with van der Waals surface area (Å²) in [5.74, 6) is 8.88. The average molecular weight is 357 g/mol. The molecule has 0 aromatic carbocycles. The second kappa shape index (κ2) is 13.2. The van der Waals surface area contributed by atoms with Gasteiger partial charge in [0, 0.05) is 6.61 Å². The van der Waals surface area contributed by atoms with Crippen LogP contribution in [-0.2, 0) is 4.74 Å². The van der Waals surface area contributed by atoms with Crippen LogP contribution < -0.4 is 0 Å². The molecule has 0 atom stereocenters. The summed E-state index contributed by atoms with van der Waals surface area (Å²) >= 11 is 0. The van der Waals surface area contributed by atoms with Gasteiger partial charge < -0.3 is 4.74 Å². The predicted octanol–water partition coefficient (Wildman–Crippen LogP) is 7.08. The molecule has 0 radical (unpaired) electrons. The summed E-state index contributed by atoms with van der Waals surface area (Å²) in [5, 5.41) is 0. The van der Waals surface area contributed by atoms with E-state index < -0.39 is 0 Å². The summed E-state index contributed by atoms with van der Waals surface area (Å²) in [6.07, 6.45) is 25.2. The predicted molar refractivity (Wildman–Crippen MR) is 113 cm³/mol. The van der Waals surface area contributed by atoms with E-state index in [0.717, 1.165) is 24.9 Å². The van der Waals surface area contributed by atoms with Crippen LogP contribution in [0.5, 0.6) is 0 Å². The molecule has 0 bridgehead atoms. The molecular formula is C25H40O. The van der Waals surface area contributed by atoms with Crippen molar-refractivity contribution < 1.29 is 4.74 Å². The van der Waals surface area contributed by atoms with Gasteiger partial charge in [-0.1, -0.05) is 57.1 Å². The van der Waals surface area contributed by atoms with Crippen LogP contribution in [0.3, 0.4) is 0 Å². The van der Waals surface area contributed by atoms with Crippen LogP contribution in [0.25, 0.3) is 0 Å². The minimum absolute atomic E-state index is 0.505. The molecule has 2 saturated carbocycles. The maximum absolute atomic E-state index is 5.86. The van der Waals surface area contributed by atoms with Crippen LogP contribution in [0.1, 0.15) is 90.9 Å². The molecule has 0 spiro atoms. The highest BCUT2D eigenvalue weighted by Crippen LogP contribution is 2.32. The Morgan fingerprint density at radius 3 is 1.88 bits per heavy atom. The third-order valence-electron chi connectivity index (χ3n) is 6.12. The Hall–Kier alpha value is -1.00. The van der Waals surface area contributed by atoms with Crippen molar-refractivity contribution in [3.8, 4) is 11.8 Å². The first-order valence-electron chi connectivity index (χ1n) is 11.3. The normalized spacial score (nSPS) is 29.8. The van der Waals surface area contributed by atoms with Crippen molar-refractivity contribution in [2.75, 3.05) is 6.61 Å². The Morgan fingerprint density at radius 1 is 0.769 bits per heavy atom. The lowest BCUT2D eigenvalue weighted by atomic mass is 9.80. The number of hydrogen-bond acceptors (Lipinski definition) is 1. The smallest absolute Gasteiger partial charge is 0.0575 e. The van der Waals surface area contributed by atoms with Crippen molar-refractivity contribution >= 4 is 0 Å². The maximum Gasteiger partial charge on any atom is 0.0575 e. The first kappa shape index (κ1) is 21.3. The molecule has 26 heavy (non-hydrogen) atoms. The number of hydrogen-bond donors (Lipinski definition) is 0. The van der Waals surface area contributed by atoms with Crippen LogP contribution in [0.4, 0.5) is 0 Å². The molecule has 1 heteroatoms. The van der Waals surface area contributed by atoms with E-state index in [1.54, 1.807) is 0 Å². The molecule has 1 nitrogen and oxygen atoms in total. The molecule has 0 amide bonds. The Balaban J connectivity index is 1.59. The van der Waals surface area contributed by atoms with Gasteiger partial charge in [-0.15, -0.1) is 0 Å². The third-order valence-corrected chi connectivity index (χ3v) is 6.12. The number of rotatable bonds is 8. The number of ether oxygens (including phenoxy) is 1. The molecule has 0 aromatic rings. The molecule has 2 rings (SSSR count). The van der Waals surface area contributed by atoms with Crippen molar-refractivity contribution in [1.82, 2.24) is 0 Å². The van der Waals surface area contributed by atoms with Crippen LogP contribution in [0.15, 0.2) is 24.3 Å². The van der Waals surface area contributed by atoms with Gasteiger partial charge in [0.25, 0.3) is 0 Å². The molecule has 0 aromatic heterocycles. The lowest BCUT2D eigenvalue weighted by Crippen LogP contribution is -2.21. The van der Waals surface area contributed by atoms with E-state index in [1.165, 1.54) is 70.6 Å². The van der Waals surface area contributed by atoms with Gasteiger partial charge in [-0.05, 0) is 87.7 Å². The highest BCUT2D eigenvalue weighted by atomic mass is 16.5. The molecule has 146 valence electrons. The first-order chi connectivity index (χ1) is 12.8. The summed E-state index contributed by atoms with van der Waals surface area (Å²) in [6.45, 7) is 5.40. The van der Waals surface area contributed by atoms with Gasteiger partial charge in [-0.25, -0.2) is 0 Å². The second-order valence-electron chi connectivity index (χ2n) is 8.34. The summed E-state index contributed by atoms with van der Waals surface area (Å²) in [6, 6.07) is 0. The minimum Gasteiger partial charge on any atom is -0.378 e. The topological polar surface area (TPSA) is 9.23 Å². The largest absolute Gasteiger partial charge is 0.378 e. The molecule has 0 saturated heterocycles. The summed E-state index contributed by atoms with van der Waals surface area (Å²) in [5.41, 5.74) is 0. The summed E-state index contributed by atoms with van der Waals surface area (Å²) in [4.78, 5) is 0.